The van der Waals surface area contributed by atoms with Gasteiger partial charge in [0, 0.05) is 12.6 Å². The van der Waals surface area contributed by atoms with E-state index >= 15 is 0 Å². The second-order valence-corrected chi connectivity index (χ2v) is 2.31. The van der Waals surface area contributed by atoms with Gasteiger partial charge in [-0.25, -0.2) is 0 Å². The van der Waals surface area contributed by atoms with Crippen LogP contribution in [-0.4, -0.2) is 29.3 Å². The molecule has 12 heavy (non-hydrogen) atoms. The molecule has 0 saturated carbocycles. The molecule has 0 spiro atoms. The zero-order valence-corrected chi connectivity index (χ0v) is 6.70. The molecule has 0 atom stereocenters. The predicted octanol–water partition coefficient (Wildman–Crippen LogP) is -0.295. The third-order valence-corrected chi connectivity index (χ3v) is 1.25. The molecule has 1 aromatic rings. The van der Waals surface area contributed by atoms with Crippen molar-refractivity contribution in [2.45, 2.75) is 6.92 Å². The second-order valence-electron chi connectivity index (χ2n) is 2.31. The Morgan fingerprint density at radius 2 is 2.58 bits per heavy atom. The van der Waals surface area contributed by atoms with Gasteiger partial charge in [-0.1, -0.05) is 5.16 Å². The number of nitrogens with zero attached hydrogens (tertiary/aromatic N) is 1. The van der Waals surface area contributed by atoms with Gasteiger partial charge in [-0.3, -0.25) is 4.79 Å². The summed E-state index contributed by atoms with van der Waals surface area (Å²) >= 11 is 0. The van der Waals surface area contributed by atoms with E-state index in [1.165, 1.54) is 6.07 Å². The van der Waals surface area contributed by atoms with E-state index in [-0.39, 0.29) is 24.8 Å². The number of aromatic nitrogens is 1. The molecule has 1 rings (SSSR count). The maximum Gasteiger partial charge on any atom is 0.289 e. The number of rotatable bonds is 3. The van der Waals surface area contributed by atoms with Gasteiger partial charge < -0.3 is 14.9 Å². The quantitative estimate of drug-likeness (QED) is 0.653. The molecule has 0 aliphatic carbocycles. The summed E-state index contributed by atoms with van der Waals surface area (Å²) in [6.45, 7) is 1.86. The summed E-state index contributed by atoms with van der Waals surface area (Å²) < 4.78 is 4.68. The zero-order chi connectivity index (χ0) is 8.97. The monoisotopic (exact) mass is 170 g/mol. The Morgan fingerprint density at radius 3 is 3.08 bits per heavy atom. The minimum atomic E-state index is -0.357. The highest BCUT2D eigenvalue weighted by molar-refractivity contribution is 5.91. The van der Waals surface area contributed by atoms with Crippen LogP contribution in [0.1, 0.15) is 16.2 Å². The zero-order valence-electron chi connectivity index (χ0n) is 6.70. The first-order valence-electron chi connectivity index (χ1n) is 3.56. The Labute approximate surface area is 69.4 Å². The Kier molecular flexibility index (Phi) is 2.82. The molecule has 5 nitrogen and oxygen atoms in total. The van der Waals surface area contributed by atoms with E-state index < -0.39 is 0 Å². The van der Waals surface area contributed by atoms with Crippen LogP contribution in [0, 0.1) is 6.92 Å². The molecule has 0 unspecified atom stereocenters. The van der Waals surface area contributed by atoms with E-state index in [0.29, 0.717) is 5.69 Å². The van der Waals surface area contributed by atoms with E-state index in [2.05, 4.69) is 15.0 Å². The molecule has 0 aliphatic heterocycles. The van der Waals surface area contributed by atoms with Gasteiger partial charge in [-0.15, -0.1) is 0 Å². The third-order valence-electron chi connectivity index (χ3n) is 1.25. The number of aliphatic hydroxyl groups excluding tert-OH is 1. The van der Waals surface area contributed by atoms with Crippen LogP contribution in [-0.2, 0) is 0 Å². The largest absolute Gasteiger partial charge is 0.395 e. The SMILES string of the molecule is Cc1cc(C(=O)NCCO)on1. The van der Waals surface area contributed by atoms with Crippen LogP contribution in [0.2, 0.25) is 0 Å². The Bertz CT molecular complexity index is 269. The maximum atomic E-state index is 11.1. The summed E-state index contributed by atoms with van der Waals surface area (Å²) in [6.07, 6.45) is 0. The van der Waals surface area contributed by atoms with Crippen molar-refractivity contribution in [3.63, 3.8) is 0 Å². The van der Waals surface area contributed by atoms with E-state index in [9.17, 15) is 4.79 Å². The van der Waals surface area contributed by atoms with Crippen LogP contribution >= 0.6 is 0 Å². The average molecular weight is 170 g/mol. The molecular formula is C7H10N2O3. The molecule has 0 radical (unpaired) electrons. The van der Waals surface area contributed by atoms with E-state index in [0.717, 1.165) is 0 Å². The molecule has 0 fully saturated rings. The van der Waals surface area contributed by atoms with Crippen molar-refractivity contribution < 1.29 is 14.4 Å². The lowest BCUT2D eigenvalue weighted by Gasteiger charge is -1.96. The van der Waals surface area contributed by atoms with Gasteiger partial charge in [0.2, 0.25) is 5.76 Å². The fourth-order valence-corrected chi connectivity index (χ4v) is 0.727. The topological polar surface area (TPSA) is 75.4 Å². The number of carbonyl (C=O) groups is 1. The standard InChI is InChI=1S/C7H10N2O3/c1-5-4-6(12-9-5)7(11)8-2-3-10/h4,10H,2-3H2,1H3,(H,8,11). The lowest BCUT2D eigenvalue weighted by atomic mass is 10.4. The fourth-order valence-electron chi connectivity index (χ4n) is 0.727. The summed E-state index contributed by atoms with van der Waals surface area (Å²) in [5.74, 6) is -0.189. The van der Waals surface area contributed by atoms with Crippen molar-refractivity contribution >= 4 is 5.91 Å². The van der Waals surface area contributed by atoms with Crippen LogP contribution in [0.15, 0.2) is 10.6 Å². The molecule has 1 heterocycles. The Hall–Kier alpha value is -1.36. The van der Waals surface area contributed by atoms with Gasteiger partial charge in [0.05, 0.1) is 12.3 Å². The summed E-state index contributed by atoms with van der Waals surface area (Å²) in [5, 5.41) is 14.4. The van der Waals surface area contributed by atoms with Crippen molar-refractivity contribution in [1.82, 2.24) is 10.5 Å². The smallest absolute Gasteiger partial charge is 0.289 e. The van der Waals surface area contributed by atoms with E-state index in [1.807, 2.05) is 0 Å². The second kappa shape index (κ2) is 3.87. The van der Waals surface area contributed by atoms with Crippen molar-refractivity contribution in [1.29, 1.82) is 0 Å². The van der Waals surface area contributed by atoms with Crippen molar-refractivity contribution in [3.05, 3.63) is 17.5 Å². The van der Waals surface area contributed by atoms with Gasteiger partial charge in [-0.2, -0.15) is 0 Å². The molecule has 1 aromatic heterocycles. The van der Waals surface area contributed by atoms with Crippen molar-refractivity contribution in [2.75, 3.05) is 13.2 Å². The number of carbonyl (C=O) groups excluding carboxylic acids is 1. The first-order valence-corrected chi connectivity index (χ1v) is 3.56. The normalized spacial score (nSPS) is 9.83. The molecule has 2 N–H and O–H groups in total. The van der Waals surface area contributed by atoms with Crippen molar-refractivity contribution in [3.8, 4) is 0 Å². The van der Waals surface area contributed by atoms with E-state index in [4.69, 9.17) is 5.11 Å². The number of amides is 1. The third kappa shape index (κ3) is 2.06. The molecule has 1 amide bonds. The number of hydrogen-bond acceptors (Lipinski definition) is 4. The predicted molar refractivity (Wildman–Crippen MR) is 40.7 cm³/mol. The van der Waals surface area contributed by atoms with Crippen LogP contribution in [0.25, 0.3) is 0 Å². The Balaban J connectivity index is 2.53. The van der Waals surface area contributed by atoms with Crippen molar-refractivity contribution in [2.24, 2.45) is 0 Å². The molecule has 0 saturated heterocycles. The van der Waals surface area contributed by atoms with Crippen LogP contribution in [0.3, 0.4) is 0 Å². The minimum absolute atomic E-state index is 0.0845. The molecule has 5 heteroatoms. The Morgan fingerprint density at radius 1 is 1.83 bits per heavy atom. The highest BCUT2D eigenvalue weighted by Crippen LogP contribution is 2.00. The summed E-state index contributed by atoms with van der Waals surface area (Å²) in [7, 11) is 0. The van der Waals surface area contributed by atoms with Gasteiger partial charge in [-0.05, 0) is 6.92 Å². The number of aryl methyl sites for hydroxylation is 1. The highest BCUT2D eigenvalue weighted by atomic mass is 16.5. The first kappa shape index (κ1) is 8.73. The minimum Gasteiger partial charge on any atom is -0.395 e. The number of aliphatic hydroxyl groups is 1. The lowest BCUT2D eigenvalue weighted by molar-refractivity contribution is 0.0908. The molecular weight excluding hydrogens is 160 g/mol. The lowest BCUT2D eigenvalue weighted by Crippen LogP contribution is -2.25. The maximum absolute atomic E-state index is 11.1. The average Bonchev–Trinajstić information content (AvgIpc) is 2.47. The molecule has 66 valence electrons. The fraction of sp³-hybridized carbons (Fsp3) is 0.429. The molecule has 0 bridgehead atoms. The molecule has 0 aliphatic rings. The first-order chi connectivity index (χ1) is 5.74. The number of nitrogens with one attached hydrogen (secondary N) is 1. The van der Waals surface area contributed by atoms with Crippen LogP contribution < -0.4 is 5.32 Å². The van der Waals surface area contributed by atoms with Crippen LogP contribution in [0.5, 0.6) is 0 Å². The highest BCUT2D eigenvalue weighted by Gasteiger charge is 2.09. The van der Waals surface area contributed by atoms with Gasteiger partial charge in [0.1, 0.15) is 0 Å². The van der Waals surface area contributed by atoms with Gasteiger partial charge in [0.25, 0.3) is 5.91 Å². The van der Waals surface area contributed by atoms with Gasteiger partial charge in [0.15, 0.2) is 0 Å². The van der Waals surface area contributed by atoms with E-state index in [1.54, 1.807) is 6.92 Å². The van der Waals surface area contributed by atoms with Crippen LogP contribution in [0.4, 0.5) is 0 Å². The molecule has 0 aromatic carbocycles. The summed E-state index contributed by atoms with van der Waals surface area (Å²) in [4.78, 5) is 11.1. The number of hydrogen-bond donors (Lipinski definition) is 2. The summed E-state index contributed by atoms with van der Waals surface area (Å²) in [5.41, 5.74) is 0.657. The van der Waals surface area contributed by atoms with Gasteiger partial charge >= 0.3 is 0 Å². The summed E-state index contributed by atoms with van der Waals surface area (Å²) in [6, 6.07) is 1.53.